The fraction of sp³-hybridized carbons (Fsp3) is 0.364. The zero-order chi connectivity index (χ0) is 20.0. The van der Waals surface area contributed by atoms with Crippen molar-refractivity contribution < 1.29 is 14.3 Å². The summed E-state index contributed by atoms with van der Waals surface area (Å²) in [6, 6.07) is 7.70. The molecule has 6 nitrogen and oxygen atoms in total. The van der Waals surface area contributed by atoms with Crippen molar-refractivity contribution in [3.8, 4) is 5.75 Å². The summed E-state index contributed by atoms with van der Waals surface area (Å²) in [6.45, 7) is 3.13. The summed E-state index contributed by atoms with van der Waals surface area (Å²) in [4.78, 5) is 33.1. The van der Waals surface area contributed by atoms with Gasteiger partial charge in [0.2, 0.25) is 0 Å². The third-order valence-electron chi connectivity index (χ3n) is 5.39. The molecule has 0 unspecified atom stereocenters. The molecule has 4 rings (SSSR count). The number of aromatic nitrogens is 1. The molecule has 3 aromatic rings. The highest BCUT2D eigenvalue weighted by atomic mass is 35.5. The van der Waals surface area contributed by atoms with Crippen molar-refractivity contribution in [3.63, 3.8) is 0 Å². The lowest BCUT2D eigenvalue weighted by Crippen LogP contribution is -2.35. The lowest BCUT2D eigenvalue weighted by atomic mass is 9.96. The van der Waals surface area contributed by atoms with Gasteiger partial charge in [-0.3, -0.25) is 14.5 Å². The molecule has 2 aromatic carbocycles. The van der Waals surface area contributed by atoms with Crippen LogP contribution in [0, 0.1) is 0 Å². The highest BCUT2D eigenvalue weighted by Gasteiger charge is 2.38. The number of rotatable bonds is 6. The summed E-state index contributed by atoms with van der Waals surface area (Å²) in [5, 5.41) is 1.75. The lowest BCUT2D eigenvalue weighted by Gasteiger charge is -2.16. The van der Waals surface area contributed by atoms with Crippen molar-refractivity contribution in [1.82, 2.24) is 14.8 Å². The van der Waals surface area contributed by atoms with E-state index >= 15 is 0 Å². The molecule has 0 fully saturated rings. The molecule has 1 aliphatic heterocycles. The van der Waals surface area contributed by atoms with E-state index in [-0.39, 0.29) is 24.2 Å². The maximum Gasteiger partial charge on any atom is 0.262 e. The predicted molar refractivity (Wildman–Crippen MR) is 118 cm³/mol. The van der Waals surface area contributed by atoms with Gasteiger partial charge in [-0.15, -0.1) is 12.4 Å². The van der Waals surface area contributed by atoms with Gasteiger partial charge in [-0.05, 0) is 50.3 Å². The summed E-state index contributed by atoms with van der Waals surface area (Å²) in [7, 11) is 5.49. The predicted octanol–water partition coefficient (Wildman–Crippen LogP) is 3.86. The van der Waals surface area contributed by atoms with Crippen molar-refractivity contribution >= 4 is 46.0 Å². The topological polar surface area (TPSA) is 65.6 Å². The molecule has 1 N–H and O–H groups in total. The third kappa shape index (κ3) is 3.36. The summed E-state index contributed by atoms with van der Waals surface area (Å²) in [5.74, 6) is 0.321. The Hall–Kier alpha value is -2.57. The number of imide groups is 1. The van der Waals surface area contributed by atoms with Gasteiger partial charge in [0.1, 0.15) is 5.75 Å². The molecule has 0 spiro atoms. The van der Waals surface area contributed by atoms with Crippen LogP contribution in [-0.2, 0) is 6.42 Å². The van der Waals surface area contributed by atoms with Crippen LogP contribution in [0.3, 0.4) is 0 Å². The van der Waals surface area contributed by atoms with Crippen LogP contribution < -0.4 is 4.74 Å². The maximum atomic E-state index is 13.2. The Morgan fingerprint density at radius 3 is 2.55 bits per heavy atom. The molecule has 0 aliphatic carbocycles. The van der Waals surface area contributed by atoms with E-state index in [4.69, 9.17) is 4.74 Å². The van der Waals surface area contributed by atoms with Gasteiger partial charge in [-0.1, -0.05) is 13.3 Å². The van der Waals surface area contributed by atoms with Crippen LogP contribution in [-0.4, -0.2) is 60.9 Å². The second-order valence-electron chi connectivity index (χ2n) is 7.56. The average molecular weight is 416 g/mol. The monoisotopic (exact) mass is 415 g/mol. The second kappa shape index (κ2) is 8.05. The van der Waals surface area contributed by atoms with E-state index in [1.165, 1.54) is 4.90 Å². The molecule has 7 heteroatoms. The van der Waals surface area contributed by atoms with Crippen LogP contribution in [0.4, 0.5) is 0 Å². The number of aromatic amines is 1. The number of H-pyrrole nitrogens is 1. The largest absolute Gasteiger partial charge is 0.497 e. The van der Waals surface area contributed by atoms with Crippen LogP contribution in [0.1, 0.15) is 39.6 Å². The maximum absolute atomic E-state index is 13.2. The molecule has 1 aromatic heterocycles. The number of methoxy groups -OCH3 is 1. The van der Waals surface area contributed by atoms with Crippen molar-refractivity contribution in [1.29, 1.82) is 0 Å². The first-order chi connectivity index (χ1) is 13.5. The molecule has 0 radical (unpaired) electrons. The van der Waals surface area contributed by atoms with Crippen LogP contribution in [0.15, 0.2) is 24.3 Å². The van der Waals surface area contributed by atoms with E-state index in [1.54, 1.807) is 7.11 Å². The number of carbonyl (C=O) groups is 2. The molecule has 0 bridgehead atoms. The SMILES string of the molecule is CCCc1cc2c(c3c1[nH]c1ccc(OC)cc13)C(=O)N(CCN(C)C)C2=O.Cl. The van der Waals surface area contributed by atoms with Gasteiger partial charge < -0.3 is 14.6 Å². The smallest absolute Gasteiger partial charge is 0.262 e. The minimum atomic E-state index is -0.210. The number of aryl methyl sites for hydroxylation is 1. The quantitative estimate of drug-likeness (QED) is 0.621. The zero-order valence-electron chi connectivity index (χ0n) is 17.2. The summed E-state index contributed by atoms with van der Waals surface area (Å²) >= 11 is 0. The minimum Gasteiger partial charge on any atom is -0.497 e. The number of benzene rings is 2. The second-order valence-corrected chi connectivity index (χ2v) is 7.56. The van der Waals surface area contributed by atoms with Gasteiger partial charge in [-0.2, -0.15) is 0 Å². The Kier molecular flexibility index (Phi) is 5.87. The van der Waals surface area contributed by atoms with Gasteiger partial charge in [0.15, 0.2) is 0 Å². The van der Waals surface area contributed by atoms with E-state index in [9.17, 15) is 9.59 Å². The molecule has 0 atom stereocenters. The molecular weight excluding hydrogens is 390 g/mol. The number of amides is 2. The number of halogens is 1. The number of carbonyl (C=O) groups excluding carboxylic acids is 2. The van der Waals surface area contributed by atoms with E-state index in [2.05, 4.69) is 11.9 Å². The Morgan fingerprint density at radius 1 is 1.14 bits per heavy atom. The van der Waals surface area contributed by atoms with Crippen molar-refractivity contribution in [2.24, 2.45) is 0 Å². The van der Waals surface area contributed by atoms with E-state index in [0.29, 0.717) is 24.2 Å². The third-order valence-corrected chi connectivity index (χ3v) is 5.39. The van der Waals surface area contributed by atoms with Crippen LogP contribution in [0.2, 0.25) is 0 Å². The first kappa shape index (κ1) is 21.1. The highest BCUT2D eigenvalue weighted by Crippen LogP contribution is 2.38. The van der Waals surface area contributed by atoms with Gasteiger partial charge in [-0.25, -0.2) is 0 Å². The summed E-state index contributed by atoms with van der Waals surface area (Å²) in [6.07, 6.45) is 1.80. The highest BCUT2D eigenvalue weighted by molar-refractivity contribution is 6.30. The van der Waals surface area contributed by atoms with E-state index < -0.39 is 0 Å². The zero-order valence-corrected chi connectivity index (χ0v) is 18.0. The number of hydrogen-bond acceptors (Lipinski definition) is 4. The fourth-order valence-corrected chi connectivity index (χ4v) is 3.98. The number of likely N-dealkylation sites (N-methyl/N-ethyl adjacent to an activating group) is 1. The molecule has 154 valence electrons. The number of ether oxygens (including phenoxy) is 1. The molecule has 29 heavy (non-hydrogen) atoms. The Morgan fingerprint density at radius 2 is 1.90 bits per heavy atom. The minimum absolute atomic E-state index is 0. The van der Waals surface area contributed by atoms with Gasteiger partial charge in [0.25, 0.3) is 11.8 Å². The van der Waals surface area contributed by atoms with Crippen molar-refractivity contribution in [2.75, 3.05) is 34.3 Å². The average Bonchev–Trinajstić information content (AvgIpc) is 3.16. The molecular formula is C22H26ClN3O3. The molecule has 2 amide bonds. The van der Waals surface area contributed by atoms with Crippen LogP contribution in [0.5, 0.6) is 5.75 Å². The van der Waals surface area contributed by atoms with E-state index in [1.807, 2.05) is 43.3 Å². The van der Waals surface area contributed by atoms with E-state index in [0.717, 1.165) is 46.0 Å². The first-order valence-corrected chi connectivity index (χ1v) is 9.62. The normalized spacial score (nSPS) is 13.5. The number of nitrogens with one attached hydrogen (secondary N) is 1. The fourth-order valence-electron chi connectivity index (χ4n) is 3.98. The van der Waals surface area contributed by atoms with Crippen LogP contribution in [0.25, 0.3) is 21.8 Å². The van der Waals surface area contributed by atoms with Gasteiger partial charge in [0, 0.05) is 29.4 Å². The number of fused-ring (bicyclic) bond motifs is 5. The Bertz CT molecular complexity index is 1100. The summed E-state index contributed by atoms with van der Waals surface area (Å²) in [5.41, 5.74) is 3.98. The number of hydrogen-bond donors (Lipinski definition) is 1. The Labute approximate surface area is 176 Å². The molecule has 0 saturated carbocycles. The standard InChI is InChI=1S/C22H25N3O3.ClH/c1-5-6-13-11-16-19(22(27)25(21(16)26)10-9-24(2)3)18-15-12-14(28-4)7-8-17(15)23-20(13)18;/h7-8,11-12,23H,5-6,9-10H2,1-4H3;1H. The molecule has 0 saturated heterocycles. The van der Waals surface area contributed by atoms with Crippen molar-refractivity contribution in [3.05, 3.63) is 41.0 Å². The van der Waals surface area contributed by atoms with Crippen molar-refractivity contribution in [2.45, 2.75) is 19.8 Å². The number of nitrogens with zero attached hydrogens (tertiary/aromatic N) is 2. The lowest BCUT2D eigenvalue weighted by molar-refractivity contribution is 0.0645. The molecule has 1 aliphatic rings. The summed E-state index contributed by atoms with van der Waals surface area (Å²) < 4.78 is 5.39. The Balaban J connectivity index is 0.00000240. The van der Waals surface area contributed by atoms with Gasteiger partial charge in [0.05, 0.1) is 23.8 Å². The van der Waals surface area contributed by atoms with Gasteiger partial charge >= 0.3 is 0 Å². The van der Waals surface area contributed by atoms with Crippen LogP contribution >= 0.6 is 12.4 Å². The first-order valence-electron chi connectivity index (χ1n) is 9.62. The molecule has 2 heterocycles.